The second kappa shape index (κ2) is 9.34. The van der Waals surface area contributed by atoms with Gasteiger partial charge in [-0.1, -0.05) is 11.6 Å². The van der Waals surface area contributed by atoms with Crippen LogP contribution in [-0.2, 0) is 4.79 Å². The van der Waals surface area contributed by atoms with E-state index in [1.807, 2.05) is 13.0 Å². The van der Waals surface area contributed by atoms with E-state index in [0.29, 0.717) is 16.5 Å². The first-order valence-corrected chi connectivity index (χ1v) is 9.09. The first-order valence-electron chi connectivity index (χ1n) is 8.71. The summed E-state index contributed by atoms with van der Waals surface area (Å²) in [5.41, 5.74) is 3.88. The second-order valence-corrected chi connectivity index (χ2v) is 6.33. The fourth-order valence-corrected chi connectivity index (χ4v) is 3.01. The summed E-state index contributed by atoms with van der Waals surface area (Å²) in [5.74, 6) is 0.435. The summed E-state index contributed by atoms with van der Waals surface area (Å²) in [6.07, 6.45) is 0. The third kappa shape index (κ3) is 5.05. The Hall–Kier alpha value is -2.40. The lowest BCUT2D eigenvalue weighted by Crippen LogP contribution is -2.23. The third-order valence-corrected chi connectivity index (χ3v) is 4.51. The average Bonchev–Trinajstić information content (AvgIpc) is 2.62. The summed E-state index contributed by atoms with van der Waals surface area (Å²) in [5, 5.41) is 6.47. The van der Waals surface area contributed by atoms with Crippen molar-refractivity contribution in [2.24, 2.45) is 0 Å². The second-order valence-electron chi connectivity index (χ2n) is 5.92. The molecule has 0 saturated heterocycles. The fourth-order valence-electron chi connectivity index (χ4n) is 2.76. The van der Waals surface area contributed by atoms with Crippen LogP contribution in [0.2, 0.25) is 5.02 Å². The maximum absolute atomic E-state index is 12.2. The molecule has 2 rings (SSSR count). The van der Waals surface area contributed by atoms with Gasteiger partial charge in [0.15, 0.2) is 0 Å². The largest absolute Gasteiger partial charge is 0.495 e. The van der Waals surface area contributed by atoms with Crippen LogP contribution in [0.15, 0.2) is 36.4 Å². The number of nitrogens with zero attached hydrogens (tertiary/aromatic N) is 1. The summed E-state index contributed by atoms with van der Waals surface area (Å²) in [6, 6.07) is 11.4. The van der Waals surface area contributed by atoms with Gasteiger partial charge in [0.2, 0.25) is 5.91 Å². The number of rotatable bonds is 8. The molecule has 0 aromatic heterocycles. The summed E-state index contributed by atoms with van der Waals surface area (Å²) in [7, 11) is 1.55. The predicted molar refractivity (Wildman–Crippen MR) is 110 cm³/mol. The zero-order chi connectivity index (χ0) is 19.1. The highest BCUT2D eigenvalue weighted by Crippen LogP contribution is 2.27. The van der Waals surface area contributed by atoms with Crippen molar-refractivity contribution >= 4 is 34.6 Å². The number of aryl methyl sites for hydroxylation is 1. The van der Waals surface area contributed by atoms with E-state index in [-0.39, 0.29) is 12.5 Å². The molecule has 0 atom stereocenters. The Bertz CT molecular complexity index is 761. The molecule has 6 heteroatoms. The summed E-state index contributed by atoms with van der Waals surface area (Å²) in [6.45, 7) is 8.43. The van der Waals surface area contributed by atoms with E-state index in [1.54, 1.807) is 25.3 Å². The molecule has 2 N–H and O–H groups in total. The SMILES string of the molecule is CCN(CC)c1ccc(NCC(=O)Nc2ccc(OC)c(Cl)c2)c(C)c1. The summed E-state index contributed by atoms with van der Waals surface area (Å²) >= 11 is 6.08. The molecule has 2 aromatic carbocycles. The molecule has 0 aliphatic heterocycles. The van der Waals surface area contributed by atoms with Gasteiger partial charge in [0.05, 0.1) is 18.7 Å². The zero-order valence-electron chi connectivity index (χ0n) is 15.7. The van der Waals surface area contributed by atoms with Crippen molar-refractivity contribution in [2.75, 3.05) is 42.3 Å². The quantitative estimate of drug-likeness (QED) is 0.710. The number of nitrogens with one attached hydrogen (secondary N) is 2. The van der Waals surface area contributed by atoms with Crippen LogP contribution in [0.5, 0.6) is 5.75 Å². The Morgan fingerprint density at radius 3 is 2.46 bits per heavy atom. The molecule has 0 fully saturated rings. The molecular weight excluding hydrogens is 350 g/mol. The van der Waals surface area contributed by atoms with Crippen molar-refractivity contribution in [3.05, 3.63) is 47.0 Å². The Morgan fingerprint density at radius 1 is 1.15 bits per heavy atom. The van der Waals surface area contributed by atoms with Crippen LogP contribution < -0.4 is 20.3 Å². The van der Waals surface area contributed by atoms with Gasteiger partial charge in [0.25, 0.3) is 0 Å². The van der Waals surface area contributed by atoms with Crippen molar-refractivity contribution in [3.8, 4) is 5.75 Å². The minimum atomic E-state index is -0.140. The number of carbonyl (C=O) groups excluding carboxylic acids is 1. The molecule has 2 aromatic rings. The molecule has 0 radical (unpaired) electrons. The lowest BCUT2D eigenvalue weighted by molar-refractivity contribution is -0.114. The molecule has 140 valence electrons. The van der Waals surface area contributed by atoms with E-state index in [1.165, 1.54) is 5.69 Å². The van der Waals surface area contributed by atoms with Crippen LogP contribution >= 0.6 is 11.6 Å². The van der Waals surface area contributed by atoms with Crippen LogP contribution in [0, 0.1) is 6.92 Å². The number of ether oxygens (including phenoxy) is 1. The third-order valence-electron chi connectivity index (χ3n) is 4.21. The lowest BCUT2D eigenvalue weighted by atomic mass is 10.1. The van der Waals surface area contributed by atoms with Gasteiger partial charge in [-0.05, 0) is 62.7 Å². The normalized spacial score (nSPS) is 10.3. The van der Waals surface area contributed by atoms with E-state index >= 15 is 0 Å². The number of methoxy groups -OCH3 is 1. The number of halogens is 1. The number of hydrogen-bond acceptors (Lipinski definition) is 4. The molecule has 0 heterocycles. The molecule has 0 saturated carbocycles. The molecule has 0 aliphatic carbocycles. The molecule has 1 amide bonds. The monoisotopic (exact) mass is 375 g/mol. The first kappa shape index (κ1) is 19.9. The van der Waals surface area contributed by atoms with Gasteiger partial charge in [-0.25, -0.2) is 0 Å². The number of anilines is 3. The highest BCUT2D eigenvalue weighted by atomic mass is 35.5. The number of carbonyl (C=O) groups is 1. The number of amides is 1. The minimum absolute atomic E-state index is 0.140. The fraction of sp³-hybridized carbons (Fsp3) is 0.350. The Morgan fingerprint density at radius 2 is 1.88 bits per heavy atom. The van der Waals surface area contributed by atoms with Crippen molar-refractivity contribution in [1.29, 1.82) is 0 Å². The van der Waals surface area contributed by atoms with Crippen LogP contribution in [0.25, 0.3) is 0 Å². The van der Waals surface area contributed by atoms with Crippen molar-refractivity contribution < 1.29 is 9.53 Å². The van der Waals surface area contributed by atoms with Crippen LogP contribution in [-0.4, -0.2) is 32.7 Å². The van der Waals surface area contributed by atoms with E-state index in [9.17, 15) is 4.79 Å². The number of benzene rings is 2. The molecule has 0 bridgehead atoms. The minimum Gasteiger partial charge on any atom is -0.495 e. The Kier molecular flexibility index (Phi) is 7.16. The Labute approximate surface area is 160 Å². The van der Waals surface area contributed by atoms with E-state index < -0.39 is 0 Å². The van der Waals surface area contributed by atoms with Crippen molar-refractivity contribution in [3.63, 3.8) is 0 Å². The van der Waals surface area contributed by atoms with Crippen LogP contribution in [0.3, 0.4) is 0 Å². The van der Waals surface area contributed by atoms with Gasteiger partial charge in [-0.2, -0.15) is 0 Å². The van der Waals surface area contributed by atoms with E-state index in [4.69, 9.17) is 16.3 Å². The van der Waals surface area contributed by atoms with Gasteiger partial charge in [0.1, 0.15) is 5.75 Å². The molecule has 5 nitrogen and oxygen atoms in total. The maximum atomic E-state index is 12.2. The number of hydrogen-bond donors (Lipinski definition) is 2. The highest BCUT2D eigenvalue weighted by molar-refractivity contribution is 6.32. The molecule has 0 unspecified atom stereocenters. The molecule has 0 aliphatic rings. The van der Waals surface area contributed by atoms with Gasteiger partial charge >= 0.3 is 0 Å². The van der Waals surface area contributed by atoms with Crippen LogP contribution in [0.4, 0.5) is 17.1 Å². The summed E-state index contributed by atoms with van der Waals surface area (Å²) < 4.78 is 5.11. The van der Waals surface area contributed by atoms with Crippen molar-refractivity contribution in [1.82, 2.24) is 0 Å². The molecule has 26 heavy (non-hydrogen) atoms. The summed E-state index contributed by atoms with van der Waals surface area (Å²) in [4.78, 5) is 14.5. The smallest absolute Gasteiger partial charge is 0.243 e. The van der Waals surface area contributed by atoms with Gasteiger partial charge in [0, 0.05) is 30.2 Å². The van der Waals surface area contributed by atoms with Gasteiger partial charge < -0.3 is 20.3 Å². The predicted octanol–water partition coefficient (Wildman–Crippen LogP) is 4.55. The standard InChI is InChI=1S/C20H26ClN3O2/c1-5-24(6-2)16-8-9-18(14(3)11-16)22-13-20(25)23-15-7-10-19(26-4)17(21)12-15/h7-12,22H,5-6,13H2,1-4H3,(H,23,25). The van der Waals surface area contributed by atoms with Crippen molar-refractivity contribution in [2.45, 2.75) is 20.8 Å². The Balaban J connectivity index is 1.95. The highest BCUT2D eigenvalue weighted by Gasteiger charge is 2.08. The van der Waals surface area contributed by atoms with E-state index in [0.717, 1.165) is 24.3 Å². The van der Waals surface area contributed by atoms with Gasteiger partial charge in [-0.3, -0.25) is 4.79 Å². The average molecular weight is 376 g/mol. The zero-order valence-corrected chi connectivity index (χ0v) is 16.5. The van der Waals surface area contributed by atoms with Gasteiger partial charge in [-0.15, -0.1) is 0 Å². The van der Waals surface area contributed by atoms with Crippen LogP contribution in [0.1, 0.15) is 19.4 Å². The van der Waals surface area contributed by atoms with E-state index in [2.05, 4.69) is 41.5 Å². The molecule has 0 spiro atoms. The lowest BCUT2D eigenvalue weighted by Gasteiger charge is -2.22. The topological polar surface area (TPSA) is 53.6 Å². The first-order chi connectivity index (χ1) is 12.5. The molecular formula is C20H26ClN3O2. The maximum Gasteiger partial charge on any atom is 0.243 e.